The van der Waals surface area contributed by atoms with Gasteiger partial charge in [-0.25, -0.2) is 4.98 Å². The lowest BCUT2D eigenvalue weighted by molar-refractivity contribution is -0.145. The van der Waals surface area contributed by atoms with Crippen molar-refractivity contribution in [2.75, 3.05) is 18.5 Å². The lowest BCUT2D eigenvalue weighted by Crippen LogP contribution is -2.33. The molecular weight excluding hydrogens is 424 g/mol. The summed E-state index contributed by atoms with van der Waals surface area (Å²) in [5.41, 5.74) is 6.79. The molecule has 1 aromatic heterocycles. The molecule has 0 aliphatic rings. The lowest BCUT2D eigenvalue weighted by atomic mass is 10.0. The number of carbonyl (C=O) groups is 3. The predicted molar refractivity (Wildman–Crippen MR) is 124 cm³/mol. The molecule has 10 heteroatoms. The van der Waals surface area contributed by atoms with Gasteiger partial charge in [-0.05, 0) is 24.4 Å². The Morgan fingerprint density at radius 3 is 2.52 bits per heavy atom. The number of nitrogens with two attached hydrogens (primary N) is 1. The smallest absolute Gasteiger partial charge is 0.318 e. The number of hydrogen-bond acceptors (Lipinski definition) is 6. The summed E-state index contributed by atoms with van der Waals surface area (Å²) < 4.78 is 5.05. The molecule has 3 rings (SSSR count). The minimum Gasteiger partial charge on any atom is -0.465 e. The molecule has 10 nitrogen and oxygen atoms in total. The zero-order chi connectivity index (χ0) is 23.8. The summed E-state index contributed by atoms with van der Waals surface area (Å²) >= 11 is 0. The molecule has 0 radical (unpaired) electrons. The number of nitrogens with zero attached hydrogens (tertiary/aromatic N) is 1. The van der Waals surface area contributed by atoms with Crippen LogP contribution in [-0.4, -0.2) is 46.7 Å². The van der Waals surface area contributed by atoms with Crippen molar-refractivity contribution in [3.63, 3.8) is 0 Å². The number of fused-ring (bicyclic) bond motifs is 1. The van der Waals surface area contributed by atoms with E-state index in [1.165, 1.54) is 6.20 Å². The van der Waals surface area contributed by atoms with Crippen molar-refractivity contribution in [1.29, 1.82) is 5.41 Å². The zero-order valence-corrected chi connectivity index (χ0v) is 18.2. The van der Waals surface area contributed by atoms with Crippen molar-refractivity contribution in [3.8, 4) is 0 Å². The summed E-state index contributed by atoms with van der Waals surface area (Å²) in [5.74, 6) is -1.62. The molecular formula is C23H26N6O4. The molecule has 33 heavy (non-hydrogen) atoms. The summed E-state index contributed by atoms with van der Waals surface area (Å²) in [4.78, 5) is 43.8. The summed E-state index contributed by atoms with van der Waals surface area (Å²) in [6.45, 7) is 1.92. The van der Waals surface area contributed by atoms with Crippen LogP contribution < -0.4 is 16.4 Å². The third-order valence-electron chi connectivity index (χ3n) is 4.99. The van der Waals surface area contributed by atoms with Gasteiger partial charge in [-0.1, -0.05) is 24.3 Å². The van der Waals surface area contributed by atoms with Crippen molar-refractivity contribution >= 4 is 40.1 Å². The van der Waals surface area contributed by atoms with Gasteiger partial charge < -0.3 is 26.1 Å². The number of carbonyl (C=O) groups excluding carboxylic acids is 3. The van der Waals surface area contributed by atoms with Crippen molar-refractivity contribution in [1.82, 2.24) is 15.3 Å². The van der Waals surface area contributed by atoms with Crippen LogP contribution in [0, 0.1) is 5.41 Å². The Labute approximate surface area is 190 Å². The van der Waals surface area contributed by atoms with Gasteiger partial charge in [0.25, 0.3) is 0 Å². The normalized spacial score (nSPS) is 11.5. The number of benzene rings is 2. The molecule has 0 spiro atoms. The van der Waals surface area contributed by atoms with Crippen molar-refractivity contribution < 1.29 is 19.1 Å². The Morgan fingerprint density at radius 1 is 1.12 bits per heavy atom. The number of esters is 1. The van der Waals surface area contributed by atoms with Crippen LogP contribution >= 0.6 is 0 Å². The zero-order valence-electron chi connectivity index (χ0n) is 18.2. The van der Waals surface area contributed by atoms with E-state index in [4.69, 9.17) is 15.9 Å². The van der Waals surface area contributed by atoms with Crippen molar-refractivity contribution in [3.05, 3.63) is 60.2 Å². The number of aromatic amines is 1. The largest absolute Gasteiger partial charge is 0.465 e. The standard InChI is InChI=1S/C23H26N6O4/c1-2-33-23(32)17(22-26-11-12-27-22)13-28-19(30)9-10-20(31)29-18-8-7-16(21(24)25)14-5-3-4-6-15(14)18/h3-8,11-12,17H,2,9-10,13H2,1H3,(H3,24,25)(H,26,27)(H,28,30)(H,29,31). The van der Waals surface area contributed by atoms with E-state index < -0.39 is 11.9 Å². The van der Waals surface area contributed by atoms with Gasteiger partial charge in [0.05, 0.1) is 6.61 Å². The molecule has 1 unspecified atom stereocenters. The number of hydrogen-bond donors (Lipinski definition) is 5. The van der Waals surface area contributed by atoms with Gasteiger partial charge in [0.2, 0.25) is 11.8 Å². The summed E-state index contributed by atoms with van der Waals surface area (Å²) in [6.07, 6.45) is 3.00. The summed E-state index contributed by atoms with van der Waals surface area (Å²) in [6, 6.07) is 10.7. The highest BCUT2D eigenvalue weighted by atomic mass is 16.5. The minimum atomic E-state index is -0.760. The first-order chi connectivity index (χ1) is 15.9. The molecule has 1 atom stereocenters. The number of amidine groups is 1. The molecule has 0 saturated carbocycles. The van der Waals surface area contributed by atoms with E-state index in [0.29, 0.717) is 17.1 Å². The molecule has 0 bridgehead atoms. The number of nitrogens with one attached hydrogen (secondary N) is 4. The molecule has 0 saturated heterocycles. The third-order valence-corrected chi connectivity index (χ3v) is 4.99. The number of imidazole rings is 1. The first-order valence-corrected chi connectivity index (χ1v) is 10.5. The number of H-pyrrole nitrogens is 1. The Kier molecular flexibility index (Phi) is 7.74. The number of ether oxygens (including phenoxy) is 1. The van der Waals surface area contributed by atoms with Gasteiger partial charge in [-0.15, -0.1) is 0 Å². The molecule has 172 valence electrons. The number of amides is 2. The van der Waals surface area contributed by atoms with Crippen LogP contribution in [0.3, 0.4) is 0 Å². The van der Waals surface area contributed by atoms with Crippen LogP contribution in [0.5, 0.6) is 0 Å². The van der Waals surface area contributed by atoms with Crippen LogP contribution in [0.15, 0.2) is 48.8 Å². The fourth-order valence-electron chi connectivity index (χ4n) is 3.39. The molecule has 2 aromatic carbocycles. The predicted octanol–water partition coefficient (Wildman–Crippen LogP) is 2.03. The summed E-state index contributed by atoms with van der Waals surface area (Å²) in [5, 5.41) is 14.7. The van der Waals surface area contributed by atoms with E-state index in [2.05, 4.69) is 20.6 Å². The average molecular weight is 450 g/mol. The number of anilines is 1. The molecule has 0 aliphatic carbocycles. The van der Waals surface area contributed by atoms with Crippen LogP contribution in [0.4, 0.5) is 5.69 Å². The lowest BCUT2D eigenvalue weighted by Gasteiger charge is -2.14. The van der Waals surface area contributed by atoms with E-state index in [9.17, 15) is 14.4 Å². The van der Waals surface area contributed by atoms with E-state index in [1.807, 2.05) is 24.3 Å². The quantitative estimate of drug-likeness (QED) is 0.180. The fourth-order valence-corrected chi connectivity index (χ4v) is 3.39. The molecule has 0 fully saturated rings. The van der Waals surface area contributed by atoms with E-state index in [-0.39, 0.29) is 43.6 Å². The van der Waals surface area contributed by atoms with Crippen LogP contribution in [-0.2, 0) is 19.1 Å². The topological polar surface area (TPSA) is 163 Å². The second-order valence-electron chi connectivity index (χ2n) is 7.25. The highest BCUT2D eigenvalue weighted by Gasteiger charge is 2.25. The Morgan fingerprint density at radius 2 is 1.85 bits per heavy atom. The number of nitrogen functional groups attached to an aromatic ring is 1. The SMILES string of the molecule is CCOC(=O)C(CNC(=O)CCC(=O)Nc1ccc(C(=N)N)c2ccccc12)c1ncc[nH]1. The second-order valence-corrected chi connectivity index (χ2v) is 7.25. The van der Waals surface area contributed by atoms with Gasteiger partial charge in [-0.2, -0.15) is 0 Å². The van der Waals surface area contributed by atoms with Gasteiger partial charge in [0, 0.05) is 48.4 Å². The first-order valence-electron chi connectivity index (χ1n) is 10.5. The molecule has 3 aromatic rings. The summed E-state index contributed by atoms with van der Waals surface area (Å²) in [7, 11) is 0. The van der Waals surface area contributed by atoms with Crippen LogP contribution in [0.1, 0.15) is 37.1 Å². The maximum absolute atomic E-state index is 12.5. The molecule has 6 N–H and O–H groups in total. The Balaban J connectivity index is 1.57. The van der Waals surface area contributed by atoms with Gasteiger partial charge in [0.15, 0.2) is 0 Å². The fraction of sp³-hybridized carbons (Fsp3) is 0.261. The monoisotopic (exact) mass is 450 g/mol. The van der Waals surface area contributed by atoms with Gasteiger partial charge >= 0.3 is 5.97 Å². The third kappa shape index (κ3) is 5.94. The maximum Gasteiger partial charge on any atom is 0.318 e. The Bertz CT molecular complexity index is 1160. The average Bonchev–Trinajstić information content (AvgIpc) is 3.32. The van der Waals surface area contributed by atoms with E-state index >= 15 is 0 Å². The van der Waals surface area contributed by atoms with Crippen molar-refractivity contribution in [2.45, 2.75) is 25.7 Å². The minimum absolute atomic E-state index is 0.00391. The van der Waals surface area contributed by atoms with Gasteiger partial charge in [-0.3, -0.25) is 19.8 Å². The van der Waals surface area contributed by atoms with Crippen LogP contribution in [0.2, 0.25) is 0 Å². The highest BCUT2D eigenvalue weighted by molar-refractivity contribution is 6.12. The van der Waals surface area contributed by atoms with E-state index in [0.717, 1.165) is 10.8 Å². The Hall–Kier alpha value is -4.21. The number of aromatic nitrogens is 2. The second kappa shape index (κ2) is 10.9. The molecule has 1 heterocycles. The molecule has 0 aliphatic heterocycles. The van der Waals surface area contributed by atoms with Gasteiger partial charge in [0.1, 0.15) is 17.6 Å². The first kappa shape index (κ1) is 23.5. The van der Waals surface area contributed by atoms with Crippen LogP contribution in [0.25, 0.3) is 10.8 Å². The molecule has 2 amide bonds. The van der Waals surface area contributed by atoms with E-state index in [1.54, 1.807) is 25.3 Å². The number of rotatable bonds is 10. The highest BCUT2D eigenvalue weighted by Crippen LogP contribution is 2.26. The maximum atomic E-state index is 12.5. The van der Waals surface area contributed by atoms with Crippen molar-refractivity contribution in [2.24, 2.45) is 5.73 Å².